The minimum absolute atomic E-state index is 0.0672. The van der Waals surface area contributed by atoms with Crippen LogP contribution in [-0.2, 0) is 11.3 Å². The van der Waals surface area contributed by atoms with Crippen LogP contribution >= 0.6 is 11.6 Å². The van der Waals surface area contributed by atoms with Crippen molar-refractivity contribution in [1.82, 2.24) is 10.6 Å². The van der Waals surface area contributed by atoms with E-state index < -0.39 is 0 Å². The summed E-state index contributed by atoms with van der Waals surface area (Å²) in [5.74, 6) is 0.936. The van der Waals surface area contributed by atoms with E-state index in [1.54, 1.807) is 17.0 Å². The summed E-state index contributed by atoms with van der Waals surface area (Å²) < 4.78 is 5.43. The summed E-state index contributed by atoms with van der Waals surface area (Å²) in [6.07, 6.45) is 0.421. The Morgan fingerprint density at radius 1 is 1.14 bits per heavy atom. The zero-order valence-corrected chi connectivity index (χ0v) is 16.5. The number of ether oxygens (including phenoxy) is 1. The van der Waals surface area contributed by atoms with Gasteiger partial charge in [0.15, 0.2) is 0 Å². The third-order valence-electron chi connectivity index (χ3n) is 4.58. The van der Waals surface area contributed by atoms with Crippen LogP contribution in [0.2, 0.25) is 5.02 Å². The highest BCUT2D eigenvalue weighted by Gasteiger charge is 2.30. The van der Waals surface area contributed by atoms with Gasteiger partial charge in [0.25, 0.3) is 0 Å². The zero-order valence-electron chi connectivity index (χ0n) is 15.8. The van der Waals surface area contributed by atoms with Crippen LogP contribution in [-0.4, -0.2) is 31.6 Å². The van der Waals surface area contributed by atoms with Crippen LogP contribution < -0.4 is 20.3 Å². The number of halogens is 1. The molecule has 0 spiro atoms. The average Bonchev–Trinajstić information content (AvgIpc) is 3.07. The predicted molar refractivity (Wildman–Crippen MR) is 110 cm³/mol. The lowest BCUT2D eigenvalue weighted by Gasteiger charge is -2.17. The standard InChI is InChI=1S/C21H24ClN3O3/c1-2-28-19-9-7-18(8-10-19)25-14-16(11-20(25)26)13-24-21(27)23-12-15-3-5-17(22)6-4-15/h3-10,16H,2,11-14H2,1H3,(H2,23,24,27)/t16-/m1/s1. The molecule has 28 heavy (non-hydrogen) atoms. The van der Waals surface area contributed by atoms with E-state index in [-0.39, 0.29) is 17.9 Å². The Balaban J connectivity index is 1.44. The molecule has 0 saturated carbocycles. The second kappa shape index (κ2) is 9.46. The molecule has 0 radical (unpaired) electrons. The van der Waals surface area contributed by atoms with Gasteiger partial charge in [-0.15, -0.1) is 0 Å². The minimum Gasteiger partial charge on any atom is -0.494 e. The third-order valence-corrected chi connectivity index (χ3v) is 4.83. The smallest absolute Gasteiger partial charge is 0.315 e. The number of hydrogen-bond donors (Lipinski definition) is 2. The van der Waals surface area contributed by atoms with Crippen molar-refractivity contribution in [3.63, 3.8) is 0 Å². The molecule has 0 aliphatic carbocycles. The molecular formula is C21H24ClN3O3. The number of urea groups is 1. The van der Waals surface area contributed by atoms with Crippen molar-refractivity contribution < 1.29 is 14.3 Å². The van der Waals surface area contributed by atoms with Crippen molar-refractivity contribution in [2.45, 2.75) is 19.9 Å². The maximum absolute atomic E-state index is 12.3. The van der Waals surface area contributed by atoms with Gasteiger partial charge in [-0.05, 0) is 48.9 Å². The number of carbonyl (C=O) groups is 2. The summed E-state index contributed by atoms with van der Waals surface area (Å²) in [7, 11) is 0. The fourth-order valence-corrected chi connectivity index (χ4v) is 3.27. The van der Waals surface area contributed by atoms with Gasteiger partial charge in [-0.1, -0.05) is 23.7 Å². The number of carbonyl (C=O) groups excluding carboxylic acids is 2. The van der Waals surface area contributed by atoms with Gasteiger partial charge < -0.3 is 20.3 Å². The Morgan fingerprint density at radius 2 is 1.86 bits per heavy atom. The van der Waals surface area contributed by atoms with Gasteiger partial charge in [0, 0.05) is 42.7 Å². The summed E-state index contributed by atoms with van der Waals surface area (Å²) in [4.78, 5) is 26.1. The molecule has 3 amide bonds. The summed E-state index contributed by atoms with van der Waals surface area (Å²) >= 11 is 5.85. The molecule has 0 aromatic heterocycles. The normalized spacial score (nSPS) is 16.1. The van der Waals surface area contributed by atoms with Crippen LogP contribution in [0.15, 0.2) is 48.5 Å². The van der Waals surface area contributed by atoms with Crippen LogP contribution in [0.4, 0.5) is 10.5 Å². The quantitative estimate of drug-likeness (QED) is 0.744. The second-order valence-electron chi connectivity index (χ2n) is 6.69. The molecule has 2 aromatic carbocycles. The summed E-state index contributed by atoms with van der Waals surface area (Å²) in [6.45, 7) is 4.00. The highest BCUT2D eigenvalue weighted by atomic mass is 35.5. The molecule has 2 N–H and O–H groups in total. The van der Waals surface area contributed by atoms with Crippen molar-refractivity contribution >= 4 is 29.2 Å². The number of rotatable bonds is 7. The first-order valence-corrected chi connectivity index (χ1v) is 9.72. The first kappa shape index (κ1) is 20.0. The summed E-state index contributed by atoms with van der Waals surface area (Å²) in [6, 6.07) is 14.6. The predicted octanol–water partition coefficient (Wildman–Crippen LogP) is 3.59. The third kappa shape index (κ3) is 5.39. The van der Waals surface area contributed by atoms with E-state index in [0.717, 1.165) is 17.0 Å². The maximum atomic E-state index is 12.3. The lowest BCUT2D eigenvalue weighted by molar-refractivity contribution is -0.117. The first-order valence-electron chi connectivity index (χ1n) is 9.34. The van der Waals surface area contributed by atoms with E-state index in [4.69, 9.17) is 16.3 Å². The average molecular weight is 402 g/mol. The number of nitrogens with one attached hydrogen (secondary N) is 2. The van der Waals surface area contributed by atoms with Crippen LogP contribution in [0.1, 0.15) is 18.9 Å². The molecule has 6 nitrogen and oxygen atoms in total. The molecule has 1 saturated heterocycles. The number of benzene rings is 2. The summed E-state index contributed by atoms with van der Waals surface area (Å²) in [5, 5.41) is 6.32. The molecule has 1 heterocycles. The number of nitrogens with zero attached hydrogens (tertiary/aromatic N) is 1. The topological polar surface area (TPSA) is 70.7 Å². The van der Waals surface area contributed by atoms with Gasteiger partial charge in [-0.2, -0.15) is 0 Å². The van der Waals surface area contributed by atoms with Crippen LogP contribution in [0.5, 0.6) is 5.75 Å². The van der Waals surface area contributed by atoms with Crippen LogP contribution in [0.3, 0.4) is 0 Å². The molecule has 0 bridgehead atoms. The van der Waals surface area contributed by atoms with Crippen LogP contribution in [0.25, 0.3) is 0 Å². The second-order valence-corrected chi connectivity index (χ2v) is 7.13. The molecule has 7 heteroatoms. The first-order chi connectivity index (χ1) is 13.5. The Morgan fingerprint density at radius 3 is 2.54 bits per heavy atom. The van der Waals surface area contributed by atoms with Crippen molar-refractivity contribution in [3.05, 3.63) is 59.1 Å². The van der Waals surface area contributed by atoms with E-state index >= 15 is 0 Å². The van der Waals surface area contributed by atoms with E-state index in [1.165, 1.54) is 0 Å². The fourth-order valence-electron chi connectivity index (χ4n) is 3.14. The lowest BCUT2D eigenvalue weighted by atomic mass is 10.1. The van der Waals surface area contributed by atoms with Gasteiger partial charge in [0.05, 0.1) is 6.61 Å². The van der Waals surface area contributed by atoms with Crippen molar-refractivity contribution in [1.29, 1.82) is 0 Å². The Kier molecular flexibility index (Phi) is 6.76. The monoisotopic (exact) mass is 401 g/mol. The molecule has 1 fully saturated rings. The minimum atomic E-state index is -0.248. The van der Waals surface area contributed by atoms with Gasteiger partial charge in [0.1, 0.15) is 5.75 Å². The van der Waals surface area contributed by atoms with Crippen LogP contribution in [0, 0.1) is 5.92 Å². The van der Waals surface area contributed by atoms with E-state index in [9.17, 15) is 9.59 Å². The van der Waals surface area contributed by atoms with Crippen molar-refractivity contribution in [2.75, 3.05) is 24.6 Å². The molecular weight excluding hydrogens is 378 g/mol. The van der Waals surface area contributed by atoms with E-state index in [1.807, 2.05) is 43.3 Å². The Hall–Kier alpha value is -2.73. The zero-order chi connectivity index (χ0) is 19.9. The number of anilines is 1. The van der Waals surface area contributed by atoms with Gasteiger partial charge in [0.2, 0.25) is 5.91 Å². The van der Waals surface area contributed by atoms with E-state index in [0.29, 0.717) is 37.7 Å². The molecule has 2 aromatic rings. The molecule has 3 rings (SSSR count). The fraction of sp³-hybridized carbons (Fsp3) is 0.333. The molecule has 0 unspecified atom stereocenters. The summed E-state index contributed by atoms with van der Waals surface area (Å²) in [5.41, 5.74) is 1.82. The van der Waals surface area contributed by atoms with Gasteiger partial charge >= 0.3 is 6.03 Å². The highest BCUT2D eigenvalue weighted by molar-refractivity contribution is 6.30. The molecule has 1 atom stereocenters. The van der Waals surface area contributed by atoms with Crippen molar-refractivity contribution in [3.8, 4) is 5.75 Å². The number of amides is 3. The molecule has 148 valence electrons. The van der Waals surface area contributed by atoms with Crippen molar-refractivity contribution in [2.24, 2.45) is 5.92 Å². The Labute approximate surface area is 169 Å². The maximum Gasteiger partial charge on any atom is 0.315 e. The molecule has 1 aliphatic rings. The largest absolute Gasteiger partial charge is 0.494 e. The van der Waals surface area contributed by atoms with Gasteiger partial charge in [-0.25, -0.2) is 4.79 Å². The van der Waals surface area contributed by atoms with E-state index in [2.05, 4.69) is 10.6 Å². The SMILES string of the molecule is CCOc1ccc(N2C[C@@H](CNC(=O)NCc3ccc(Cl)cc3)CC2=O)cc1. The number of hydrogen-bond acceptors (Lipinski definition) is 3. The lowest BCUT2D eigenvalue weighted by Crippen LogP contribution is -2.38. The molecule has 1 aliphatic heterocycles. The Bertz CT molecular complexity index is 809. The van der Waals surface area contributed by atoms with Gasteiger partial charge in [-0.3, -0.25) is 4.79 Å². The highest BCUT2D eigenvalue weighted by Crippen LogP contribution is 2.26.